The highest BCUT2D eigenvalue weighted by Crippen LogP contribution is 2.22. The molecule has 0 spiro atoms. The molecule has 0 aliphatic carbocycles. The van der Waals surface area contributed by atoms with E-state index in [1.807, 2.05) is 46.8 Å². The first-order chi connectivity index (χ1) is 9.74. The standard InChI is InChI=1S/C17H29NO2S/c1-7-18-16(12-21(19)17(4,5)6)14-8-10-15(11-9-14)20-13(2)3/h8-11,13,16,18H,7,12H2,1-6H3. The Kier molecular flexibility index (Phi) is 6.88. The summed E-state index contributed by atoms with van der Waals surface area (Å²) in [7, 11) is -0.878. The number of benzene rings is 1. The average Bonchev–Trinajstić information content (AvgIpc) is 2.37. The van der Waals surface area contributed by atoms with Crippen molar-refractivity contribution < 1.29 is 8.95 Å². The lowest BCUT2D eigenvalue weighted by Crippen LogP contribution is -2.32. The summed E-state index contributed by atoms with van der Waals surface area (Å²) in [5.41, 5.74) is 1.16. The van der Waals surface area contributed by atoms with Crippen molar-refractivity contribution in [3.8, 4) is 5.75 Å². The Bertz CT molecular complexity index is 449. The summed E-state index contributed by atoms with van der Waals surface area (Å²) in [6.07, 6.45) is 0.175. The minimum atomic E-state index is -0.878. The summed E-state index contributed by atoms with van der Waals surface area (Å²) in [6.45, 7) is 13.0. The normalized spacial score (nSPS) is 15.0. The van der Waals surface area contributed by atoms with Gasteiger partial charge in [0, 0.05) is 27.3 Å². The summed E-state index contributed by atoms with van der Waals surface area (Å²) in [5, 5.41) is 3.43. The highest BCUT2D eigenvalue weighted by Gasteiger charge is 2.23. The van der Waals surface area contributed by atoms with Gasteiger partial charge in [0.2, 0.25) is 0 Å². The van der Waals surface area contributed by atoms with Gasteiger partial charge in [0.25, 0.3) is 0 Å². The molecule has 120 valence electrons. The summed E-state index contributed by atoms with van der Waals surface area (Å²) in [6, 6.07) is 8.21. The van der Waals surface area contributed by atoms with E-state index in [9.17, 15) is 4.21 Å². The minimum absolute atomic E-state index is 0.114. The number of rotatable bonds is 7. The highest BCUT2D eigenvalue weighted by molar-refractivity contribution is 7.86. The third-order valence-corrected chi connectivity index (χ3v) is 5.11. The van der Waals surface area contributed by atoms with Gasteiger partial charge in [-0.2, -0.15) is 0 Å². The van der Waals surface area contributed by atoms with E-state index in [2.05, 4.69) is 24.4 Å². The van der Waals surface area contributed by atoms with Crippen LogP contribution in [0, 0.1) is 0 Å². The number of ether oxygens (including phenoxy) is 1. The Morgan fingerprint density at radius 1 is 1.19 bits per heavy atom. The molecule has 2 atom stereocenters. The molecule has 0 aromatic heterocycles. The molecule has 4 heteroatoms. The number of nitrogens with one attached hydrogen (secondary N) is 1. The van der Waals surface area contributed by atoms with Crippen LogP contribution in [-0.4, -0.2) is 27.4 Å². The summed E-state index contributed by atoms with van der Waals surface area (Å²) in [5.74, 6) is 1.50. The first-order valence-corrected chi connectivity index (χ1v) is 8.94. The van der Waals surface area contributed by atoms with E-state index in [1.165, 1.54) is 0 Å². The second kappa shape index (κ2) is 7.95. The molecule has 0 saturated heterocycles. The quantitative estimate of drug-likeness (QED) is 0.835. The molecular weight excluding hydrogens is 282 g/mol. The number of hydrogen-bond donors (Lipinski definition) is 1. The second-order valence-corrected chi connectivity index (χ2v) is 8.72. The number of hydrogen-bond acceptors (Lipinski definition) is 3. The van der Waals surface area contributed by atoms with Gasteiger partial charge in [0.1, 0.15) is 5.75 Å². The van der Waals surface area contributed by atoms with E-state index in [0.717, 1.165) is 17.9 Å². The molecule has 0 bridgehead atoms. The van der Waals surface area contributed by atoms with Crippen LogP contribution in [0.5, 0.6) is 5.75 Å². The van der Waals surface area contributed by atoms with Crippen LogP contribution in [0.3, 0.4) is 0 Å². The van der Waals surface area contributed by atoms with Crippen molar-refractivity contribution in [1.82, 2.24) is 5.32 Å². The van der Waals surface area contributed by atoms with Gasteiger partial charge in [-0.15, -0.1) is 0 Å². The van der Waals surface area contributed by atoms with Crippen molar-refractivity contribution in [3.05, 3.63) is 29.8 Å². The molecule has 0 radical (unpaired) electrons. The molecule has 0 saturated carbocycles. The Hall–Kier alpha value is -0.870. The van der Waals surface area contributed by atoms with Gasteiger partial charge in [0.15, 0.2) is 0 Å². The SMILES string of the molecule is CCNC(CS(=O)C(C)(C)C)c1ccc(OC(C)C)cc1. The van der Waals surface area contributed by atoms with Crippen LogP contribution in [0.15, 0.2) is 24.3 Å². The molecule has 3 nitrogen and oxygen atoms in total. The Morgan fingerprint density at radius 2 is 1.76 bits per heavy atom. The van der Waals surface area contributed by atoms with E-state index in [1.54, 1.807) is 0 Å². The first kappa shape index (κ1) is 18.2. The fourth-order valence-corrected chi connectivity index (χ4v) is 3.08. The lowest BCUT2D eigenvalue weighted by Gasteiger charge is -2.24. The molecule has 0 aliphatic heterocycles. The zero-order valence-electron chi connectivity index (χ0n) is 14.1. The van der Waals surface area contributed by atoms with Crippen LogP contribution in [0.25, 0.3) is 0 Å². The molecule has 0 aliphatic rings. The Balaban J connectivity index is 2.83. The molecule has 2 unspecified atom stereocenters. The van der Waals surface area contributed by atoms with E-state index in [4.69, 9.17) is 4.74 Å². The van der Waals surface area contributed by atoms with E-state index in [-0.39, 0.29) is 16.9 Å². The van der Waals surface area contributed by atoms with Gasteiger partial charge in [-0.3, -0.25) is 4.21 Å². The van der Waals surface area contributed by atoms with Crippen molar-refractivity contribution >= 4 is 10.8 Å². The topological polar surface area (TPSA) is 38.3 Å². The van der Waals surface area contributed by atoms with Gasteiger partial charge < -0.3 is 10.1 Å². The lowest BCUT2D eigenvalue weighted by molar-refractivity contribution is 0.242. The van der Waals surface area contributed by atoms with E-state index in [0.29, 0.717) is 5.75 Å². The van der Waals surface area contributed by atoms with Gasteiger partial charge in [0.05, 0.1) is 6.10 Å². The fraction of sp³-hybridized carbons (Fsp3) is 0.647. The fourth-order valence-electron chi connectivity index (χ4n) is 1.97. The highest BCUT2D eigenvalue weighted by atomic mass is 32.2. The molecule has 1 N–H and O–H groups in total. The lowest BCUT2D eigenvalue weighted by atomic mass is 10.1. The van der Waals surface area contributed by atoms with Gasteiger partial charge >= 0.3 is 0 Å². The Morgan fingerprint density at radius 3 is 2.19 bits per heavy atom. The van der Waals surface area contributed by atoms with Crippen LogP contribution in [-0.2, 0) is 10.8 Å². The van der Waals surface area contributed by atoms with Gasteiger partial charge in [-0.25, -0.2) is 0 Å². The predicted molar refractivity (Wildman–Crippen MR) is 91.4 cm³/mol. The molecule has 0 fully saturated rings. The second-order valence-electron chi connectivity index (χ2n) is 6.47. The van der Waals surface area contributed by atoms with Crippen LogP contribution >= 0.6 is 0 Å². The largest absolute Gasteiger partial charge is 0.491 e. The van der Waals surface area contributed by atoms with Crippen molar-refractivity contribution in [2.24, 2.45) is 0 Å². The summed E-state index contributed by atoms with van der Waals surface area (Å²) >= 11 is 0. The molecule has 1 aromatic carbocycles. The Labute approximate surface area is 131 Å². The molecular formula is C17H29NO2S. The molecule has 1 rings (SSSR count). The third-order valence-electron chi connectivity index (χ3n) is 3.11. The average molecular weight is 311 g/mol. The van der Waals surface area contributed by atoms with Crippen molar-refractivity contribution in [1.29, 1.82) is 0 Å². The van der Waals surface area contributed by atoms with Gasteiger partial charge in [-0.05, 0) is 58.9 Å². The van der Waals surface area contributed by atoms with Crippen LogP contribution < -0.4 is 10.1 Å². The smallest absolute Gasteiger partial charge is 0.119 e. The maximum absolute atomic E-state index is 12.4. The van der Waals surface area contributed by atoms with Crippen LogP contribution in [0.4, 0.5) is 0 Å². The van der Waals surface area contributed by atoms with E-state index >= 15 is 0 Å². The molecule has 0 heterocycles. The van der Waals surface area contributed by atoms with Crippen molar-refractivity contribution in [3.63, 3.8) is 0 Å². The van der Waals surface area contributed by atoms with Crippen molar-refractivity contribution in [2.75, 3.05) is 12.3 Å². The monoisotopic (exact) mass is 311 g/mol. The van der Waals surface area contributed by atoms with Gasteiger partial charge in [-0.1, -0.05) is 19.1 Å². The molecule has 1 aromatic rings. The summed E-state index contributed by atoms with van der Waals surface area (Å²) < 4.78 is 17.9. The van der Waals surface area contributed by atoms with E-state index < -0.39 is 10.8 Å². The minimum Gasteiger partial charge on any atom is -0.491 e. The van der Waals surface area contributed by atoms with Crippen LogP contribution in [0.2, 0.25) is 0 Å². The first-order valence-electron chi connectivity index (χ1n) is 7.62. The third kappa shape index (κ3) is 6.18. The zero-order valence-corrected chi connectivity index (χ0v) is 14.9. The van der Waals surface area contributed by atoms with Crippen LogP contribution in [0.1, 0.15) is 53.1 Å². The molecule has 0 amide bonds. The summed E-state index contributed by atoms with van der Waals surface area (Å²) in [4.78, 5) is 0. The predicted octanol–water partition coefficient (Wildman–Crippen LogP) is 3.67. The van der Waals surface area contributed by atoms with Crippen molar-refractivity contribution in [2.45, 2.75) is 58.4 Å². The molecule has 21 heavy (non-hydrogen) atoms. The zero-order chi connectivity index (χ0) is 16.0. The maximum Gasteiger partial charge on any atom is 0.119 e. The maximum atomic E-state index is 12.4.